The van der Waals surface area contributed by atoms with Gasteiger partial charge in [-0.1, -0.05) is 43.5 Å². The molecule has 0 fully saturated rings. The summed E-state index contributed by atoms with van der Waals surface area (Å²) in [5.74, 6) is 0.800. The second kappa shape index (κ2) is 6.64. The maximum atomic E-state index is 6.17. The minimum Gasteiger partial charge on any atom is -0.495 e. The van der Waals surface area contributed by atoms with Gasteiger partial charge < -0.3 is 10.1 Å². The molecule has 0 amide bonds. The lowest BCUT2D eigenvalue weighted by Crippen LogP contribution is -2.02. The van der Waals surface area contributed by atoms with E-state index >= 15 is 0 Å². The Morgan fingerprint density at radius 1 is 1.11 bits per heavy atom. The Labute approximate surface area is 134 Å². The second-order valence-corrected chi connectivity index (χ2v) is 6.17. The molecule has 0 aliphatic rings. The molecule has 19 heavy (non-hydrogen) atoms. The van der Waals surface area contributed by atoms with Gasteiger partial charge in [0.15, 0.2) is 0 Å². The third-order valence-electron chi connectivity index (χ3n) is 2.64. The molecule has 0 saturated carbocycles. The van der Waals surface area contributed by atoms with Gasteiger partial charge in [0.2, 0.25) is 0 Å². The third kappa shape index (κ3) is 3.88. The van der Waals surface area contributed by atoms with E-state index in [0.717, 1.165) is 31.0 Å². The van der Waals surface area contributed by atoms with Gasteiger partial charge in [0.1, 0.15) is 5.75 Å². The first kappa shape index (κ1) is 14.7. The van der Waals surface area contributed by atoms with Crippen LogP contribution in [0.15, 0.2) is 45.3 Å². The van der Waals surface area contributed by atoms with E-state index in [2.05, 4.69) is 37.2 Å². The van der Waals surface area contributed by atoms with Crippen LogP contribution in [0.25, 0.3) is 0 Å². The van der Waals surface area contributed by atoms with Gasteiger partial charge in [0, 0.05) is 20.5 Å². The van der Waals surface area contributed by atoms with E-state index in [1.54, 1.807) is 7.11 Å². The summed E-state index contributed by atoms with van der Waals surface area (Å²) in [5.41, 5.74) is 1.95. The smallest absolute Gasteiger partial charge is 0.142 e. The number of ether oxygens (including phenoxy) is 1. The van der Waals surface area contributed by atoms with Gasteiger partial charge in [-0.25, -0.2) is 0 Å². The molecule has 2 aromatic carbocycles. The van der Waals surface area contributed by atoms with E-state index in [9.17, 15) is 0 Å². The Morgan fingerprint density at radius 3 is 2.53 bits per heavy atom. The molecule has 0 atom stereocenters. The highest BCUT2D eigenvalue weighted by Gasteiger charge is 2.05. The van der Waals surface area contributed by atoms with Crippen LogP contribution in [0.3, 0.4) is 0 Å². The van der Waals surface area contributed by atoms with Crippen molar-refractivity contribution in [2.75, 3.05) is 12.4 Å². The monoisotopic (exact) mass is 403 g/mol. The molecule has 0 spiro atoms. The van der Waals surface area contributed by atoms with E-state index in [4.69, 9.17) is 16.3 Å². The number of hydrogen-bond donors (Lipinski definition) is 1. The van der Waals surface area contributed by atoms with Crippen LogP contribution < -0.4 is 10.1 Å². The van der Waals surface area contributed by atoms with Crippen LogP contribution >= 0.6 is 43.5 Å². The van der Waals surface area contributed by atoms with E-state index < -0.39 is 0 Å². The molecule has 0 aliphatic heterocycles. The lowest BCUT2D eigenvalue weighted by Gasteiger charge is -2.12. The zero-order valence-electron chi connectivity index (χ0n) is 10.2. The predicted molar refractivity (Wildman–Crippen MR) is 87.2 cm³/mol. The Hall–Kier alpha value is -0.710. The van der Waals surface area contributed by atoms with Gasteiger partial charge in [0.05, 0.1) is 12.8 Å². The fraction of sp³-hybridized carbons (Fsp3) is 0.143. The number of hydrogen-bond acceptors (Lipinski definition) is 2. The van der Waals surface area contributed by atoms with Crippen molar-refractivity contribution in [3.05, 3.63) is 55.9 Å². The highest BCUT2D eigenvalue weighted by atomic mass is 79.9. The van der Waals surface area contributed by atoms with E-state index in [1.165, 1.54) is 0 Å². The number of halogens is 3. The van der Waals surface area contributed by atoms with Crippen LogP contribution in [0.4, 0.5) is 5.69 Å². The summed E-state index contributed by atoms with van der Waals surface area (Å²) >= 11 is 13.1. The van der Waals surface area contributed by atoms with Crippen molar-refractivity contribution in [3.63, 3.8) is 0 Å². The molecule has 2 nitrogen and oxygen atoms in total. The fourth-order valence-corrected chi connectivity index (χ4v) is 2.64. The second-order valence-electron chi connectivity index (χ2n) is 3.93. The third-order valence-corrected chi connectivity index (χ3v) is 3.99. The lowest BCUT2D eigenvalue weighted by molar-refractivity contribution is 0.416. The Morgan fingerprint density at radius 2 is 1.79 bits per heavy atom. The molecule has 2 rings (SSSR count). The quantitative estimate of drug-likeness (QED) is 0.727. The zero-order valence-corrected chi connectivity index (χ0v) is 14.1. The molecule has 0 heterocycles. The van der Waals surface area contributed by atoms with Gasteiger partial charge in [-0.2, -0.15) is 0 Å². The molecule has 0 bridgehead atoms. The van der Waals surface area contributed by atoms with Crippen molar-refractivity contribution in [1.82, 2.24) is 0 Å². The average Bonchev–Trinajstić information content (AvgIpc) is 2.40. The largest absolute Gasteiger partial charge is 0.495 e. The molecule has 0 aliphatic carbocycles. The highest BCUT2D eigenvalue weighted by molar-refractivity contribution is 9.10. The highest BCUT2D eigenvalue weighted by Crippen LogP contribution is 2.29. The van der Waals surface area contributed by atoms with Crippen LogP contribution in [0.2, 0.25) is 5.02 Å². The molecule has 0 aromatic heterocycles. The van der Waals surface area contributed by atoms with Crippen LogP contribution in [0.5, 0.6) is 5.75 Å². The van der Waals surface area contributed by atoms with Crippen molar-refractivity contribution in [2.45, 2.75) is 6.54 Å². The Balaban J connectivity index is 2.18. The summed E-state index contributed by atoms with van der Waals surface area (Å²) in [5, 5.41) is 4.07. The Bertz CT molecular complexity index is 590. The van der Waals surface area contributed by atoms with Crippen LogP contribution in [0, 0.1) is 0 Å². The summed E-state index contributed by atoms with van der Waals surface area (Å²) in [6.07, 6.45) is 0. The van der Waals surface area contributed by atoms with E-state index in [-0.39, 0.29) is 0 Å². The summed E-state index contributed by atoms with van der Waals surface area (Å²) in [4.78, 5) is 0. The van der Waals surface area contributed by atoms with Crippen LogP contribution in [0.1, 0.15) is 5.56 Å². The fourth-order valence-electron chi connectivity index (χ4n) is 1.69. The zero-order chi connectivity index (χ0) is 13.8. The van der Waals surface area contributed by atoms with Crippen LogP contribution in [-0.2, 0) is 6.54 Å². The first-order valence-electron chi connectivity index (χ1n) is 5.61. The number of rotatable bonds is 4. The maximum Gasteiger partial charge on any atom is 0.142 e. The number of anilines is 1. The topological polar surface area (TPSA) is 21.3 Å². The van der Waals surface area contributed by atoms with Gasteiger partial charge >= 0.3 is 0 Å². The minimum absolute atomic E-state index is 0.630. The standard InChI is InChI=1S/C14H12Br2ClNO/c1-19-14-5-3-11(16)7-13(14)18-8-9-6-10(15)2-4-12(9)17/h2-7,18H,8H2,1H3. The van der Waals surface area contributed by atoms with E-state index in [0.29, 0.717) is 6.54 Å². The average molecular weight is 406 g/mol. The molecule has 2 aromatic rings. The molecule has 0 unspecified atom stereocenters. The van der Waals surface area contributed by atoms with Crippen LogP contribution in [-0.4, -0.2) is 7.11 Å². The van der Waals surface area contributed by atoms with Crippen molar-refractivity contribution in [1.29, 1.82) is 0 Å². The molecule has 5 heteroatoms. The molecule has 1 N–H and O–H groups in total. The van der Waals surface area contributed by atoms with Crippen molar-refractivity contribution in [2.24, 2.45) is 0 Å². The molecule has 0 saturated heterocycles. The Kier molecular flexibility index (Phi) is 5.13. The minimum atomic E-state index is 0.630. The van der Waals surface area contributed by atoms with Crippen molar-refractivity contribution in [3.8, 4) is 5.75 Å². The number of nitrogens with one attached hydrogen (secondary N) is 1. The number of benzene rings is 2. The van der Waals surface area contributed by atoms with Gasteiger partial charge in [-0.15, -0.1) is 0 Å². The first-order chi connectivity index (χ1) is 9.10. The van der Waals surface area contributed by atoms with Gasteiger partial charge in [0.25, 0.3) is 0 Å². The maximum absolute atomic E-state index is 6.17. The molecular formula is C14H12Br2ClNO. The number of methoxy groups -OCH3 is 1. The van der Waals surface area contributed by atoms with Crippen molar-refractivity contribution >= 4 is 49.1 Å². The van der Waals surface area contributed by atoms with Crippen molar-refractivity contribution < 1.29 is 4.74 Å². The normalized spacial score (nSPS) is 10.3. The van der Waals surface area contributed by atoms with E-state index in [1.807, 2.05) is 36.4 Å². The predicted octanol–water partition coefficient (Wildman–Crippen LogP) is 5.49. The molecule has 0 radical (unpaired) electrons. The molecule has 100 valence electrons. The lowest BCUT2D eigenvalue weighted by atomic mass is 10.2. The summed E-state index contributed by atoms with van der Waals surface area (Å²) in [7, 11) is 1.65. The summed E-state index contributed by atoms with van der Waals surface area (Å²) < 4.78 is 7.32. The van der Waals surface area contributed by atoms with Gasteiger partial charge in [-0.3, -0.25) is 0 Å². The first-order valence-corrected chi connectivity index (χ1v) is 7.58. The molecular weight excluding hydrogens is 393 g/mol. The SMILES string of the molecule is COc1ccc(Br)cc1NCc1cc(Br)ccc1Cl. The summed E-state index contributed by atoms with van der Waals surface area (Å²) in [6, 6.07) is 11.6. The van der Waals surface area contributed by atoms with Gasteiger partial charge in [-0.05, 0) is 42.0 Å². The summed E-state index contributed by atoms with van der Waals surface area (Å²) in [6.45, 7) is 0.630.